The molecular weight excluding hydrogens is 562 g/mol. The molecule has 44 heavy (non-hydrogen) atoms. The number of hydrogen-bond donors (Lipinski definition) is 0. The van der Waals surface area contributed by atoms with Crippen LogP contribution in [0.1, 0.15) is 84.0 Å². The molecule has 9 nitrogen and oxygen atoms in total. The Morgan fingerprint density at radius 3 is 1.75 bits per heavy atom. The molecule has 0 saturated heterocycles. The molecule has 2 aromatic rings. The minimum Gasteiger partial charge on any atom is -0.490 e. The molecule has 9 heteroatoms. The molecular formula is C35H47NO8. The van der Waals surface area contributed by atoms with Gasteiger partial charge in [0.1, 0.15) is 23.0 Å². The average molecular weight is 610 g/mol. The molecule has 0 radical (unpaired) electrons. The van der Waals surface area contributed by atoms with Crippen molar-refractivity contribution in [1.29, 1.82) is 0 Å². The maximum Gasteiger partial charge on any atom is 0.364 e. The van der Waals surface area contributed by atoms with Crippen molar-refractivity contribution in [3.8, 4) is 23.0 Å². The van der Waals surface area contributed by atoms with E-state index in [1.54, 1.807) is 0 Å². The quantitative estimate of drug-likeness (QED) is 0.200. The van der Waals surface area contributed by atoms with Gasteiger partial charge in [-0.05, 0) is 142 Å². The summed E-state index contributed by atoms with van der Waals surface area (Å²) in [6.07, 6.45) is 2.11. The summed E-state index contributed by atoms with van der Waals surface area (Å²) in [5.41, 5.74) is 6.80. The zero-order chi connectivity index (χ0) is 32.5. The van der Waals surface area contributed by atoms with Crippen molar-refractivity contribution in [3.63, 3.8) is 0 Å². The third-order valence-corrected chi connectivity index (χ3v) is 8.93. The molecule has 0 fully saturated rings. The summed E-state index contributed by atoms with van der Waals surface area (Å²) in [6, 6.07) is 0. The van der Waals surface area contributed by atoms with E-state index in [0.29, 0.717) is 35.8 Å². The van der Waals surface area contributed by atoms with Crippen LogP contribution < -0.4 is 18.9 Å². The van der Waals surface area contributed by atoms with Gasteiger partial charge in [-0.25, -0.2) is 9.59 Å². The van der Waals surface area contributed by atoms with Crippen LogP contribution in [0.15, 0.2) is 0 Å². The number of nitrogens with zero attached hydrogens (tertiary/aromatic N) is 1. The number of carbonyl (C=O) groups is 3. The topological polar surface area (TPSA) is 101 Å². The maximum atomic E-state index is 13.7. The average Bonchev–Trinajstić information content (AvgIpc) is 2.97. The molecule has 3 atom stereocenters. The lowest BCUT2D eigenvalue weighted by molar-refractivity contribution is -0.172. The Hall–Kier alpha value is -3.59. The van der Waals surface area contributed by atoms with Gasteiger partial charge in [0.15, 0.2) is 0 Å². The van der Waals surface area contributed by atoms with E-state index in [4.69, 9.17) is 23.7 Å². The fourth-order valence-corrected chi connectivity index (χ4v) is 6.01. The van der Waals surface area contributed by atoms with Gasteiger partial charge in [-0.2, -0.15) is 0 Å². The number of esters is 3. The highest BCUT2D eigenvalue weighted by molar-refractivity contribution is 6.01. The first kappa shape index (κ1) is 33.3. The molecule has 3 unspecified atom stereocenters. The predicted molar refractivity (Wildman–Crippen MR) is 167 cm³/mol. The minimum absolute atomic E-state index is 0.0258. The molecule has 0 amide bonds. The van der Waals surface area contributed by atoms with Gasteiger partial charge in [0, 0.05) is 17.5 Å². The van der Waals surface area contributed by atoms with Crippen LogP contribution in [0.4, 0.5) is 0 Å². The lowest BCUT2D eigenvalue weighted by atomic mass is 9.91. The molecule has 0 saturated carbocycles. The van der Waals surface area contributed by atoms with Gasteiger partial charge in [-0.3, -0.25) is 4.79 Å². The van der Waals surface area contributed by atoms with Crippen LogP contribution >= 0.6 is 0 Å². The summed E-state index contributed by atoms with van der Waals surface area (Å²) < 4.78 is 29.6. The van der Waals surface area contributed by atoms with Crippen molar-refractivity contribution in [1.82, 2.24) is 4.90 Å². The summed E-state index contributed by atoms with van der Waals surface area (Å²) in [5, 5.41) is 0. The molecule has 2 heterocycles. The van der Waals surface area contributed by atoms with Crippen molar-refractivity contribution in [3.05, 3.63) is 44.5 Å². The normalized spacial score (nSPS) is 18.0. The molecule has 0 aliphatic carbocycles. The van der Waals surface area contributed by atoms with E-state index >= 15 is 0 Å². The number of fused-ring (bicyclic) bond motifs is 2. The molecule has 2 aliphatic rings. The smallest absolute Gasteiger partial charge is 0.364 e. The third-order valence-electron chi connectivity index (χ3n) is 8.93. The second-order valence-corrected chi connectivity index (χ2v) is 12.6. The van der Waals surface area contributed by atoms with Gasteiger partial charge in [0.25, 0.3) is 6.10 Å². The van der Waals surface area contributed by atoms with Gasteiger partial charge in [-0.15, -0.1) is 0 Å². The number of benzene rings is 2. The van der Waals surface area contributed by atoms with Gasteiger partial charge in [-0.1, -0.05) is 0 Å². The summed E-state index contributed by atoms with van der Waals surface area (Å²) in [6.45, 7) is 16.0. The molecule has 0 aromatic heterocycles. The second-order valence-electron chi connectivity index (χ2n) is 12.6. The van der Waals surface area contributed by atoms with Crippen molar-refractivity contribution >= 4 is 17.9 Å². The highest BCUT2D eigenvalue weighted by Gasteiger charge is 2.38. The van der Waals surface area contributed by atoms with Gasteiger partial charge < -0.3 is 28.6 Å². The Morgan fingerprint density at radius 2 is 1.20 bits per heavy atom. The first-order valence-corrected chi connectivity index (χ1v) is 15.6. The van der Waals surface area contributed by atoms with Gasteiger partial charge >= 0.3 is 17.9 Å². The van der Waals surface area contributed by atoms with E-state index < -0.39 is 24.0 Å². The highest BCUT2D eigenvalue weighted by Crippen LogP contribution is 2.43. The standard InChI is InChI=1S/C35H47NO8/c1-18-14-16-27-24(7)29(22(5)23(6)31(27)40-18)43-34(38)33(42-28(37)12-11-17-36(9)10)35(39)44-30-21(4)20(3)26-15-13-19(2)41-32(26)25(30)8/h18-19,33H,11-17H2,1-10H3. The fraction of sp³-hybridized carbons (Fsp3) is 0.571. The van der Waals surface area contributed by atoms with Crippen LogP contribution in [-0.4, -0.2) is 61.8 Å². The van der Waals surface area contributed by atoms with Gasteiger partial charge in [0.2, 0.25) is 0 Å². The van der Waals surface area contributed by atoms with Crippen molar-refractivity contribution in [2.45, 2.75) is 112 Å². The Bertz CT molecular complexity index is 1460. The number of rotatable bonds is 9. The van der Waals surface area contributed by atoms with E-state index in [2.05, 4.69) is 0 Å². The highest BCUT2D eigenvalue weighted by atomic mass is 16.6. The van der Waals surface area contributed by atoms with Crippen LogP contribution in [0.2, 0.25) is 0 Å². The summed E-state index contributed by atoms with van der Waals surface area (Å²) in [7, 11) is 3.80. The van der Waals surface area contributed by atoms with Gasteiger partial charge in [0.05, 0.1) is 12.2 Å². The molecule has 2 aromatic carbocycles. The Labute approximate surface area is 261 Å². The fourth-order valence-electron chi connectivity index (χ4n) is 6.01. The number of ether oxygens (including phenoxy) is 5. The van der Waals surface area contributed by atoms with Crippen molar-refractivity contribution < 1.29 is 38.1 Å². The van der Waals surface area contributed by atoms with Crippen LogP contribution in [0.5, 0.6) is 23.0 Å². The molecule has 240 valence electrons. The number of hydrogen-bond acceptors (Lipinski definition) is 9. The largest absolute Gasteiger partial charge is 0.490 e. The predicted octanol–water partition coefficient (Wildman–Crippen LogP) is 5.73. The lowest BCUT2D eigenvalue weighted by Crippen LogP contribution is -2.41. The maximum absolute atomic E-state index is 13.7. The Balaban J connectivity index is 1.66. The molecule has 0 bridgehead atoms. The third kappa shape index (κ3) is 6.88. The molecule has 0 spiro atoms. The minimum atomic E-state index is -1.91. The van der Waals surface area contributed by atoms with E-state index in [9.17, 15) is 14.4 Å². The van der Waals surface area contributed by atoms with E-state index in [1.165, 1.54) is 0 Å². The zero-order valence-electron chi connectivity index (χ0n) is 27.9. The summed E-state index contributed by atoms with van der Waals surface area (Å²) >= 11 is 0. The molecule has 4 rings (SSSR count). The summed E-state index contributed by atoms with van der Waals surface area (Å²) in [5.74, 6) is -0.575. The molecule has 0 N–H and O–H groups in total. The van der Waals surface area contributed by atoms with E-state index in [0.717, 1.165) is 70.4 Å². The van der Waals surface area contributed by atoms with E-state index in [-0.39, 0.29) is 18.6 Å². The van der Waals surface area contributed by atoms with Crippen LogP contribution in [-0.2, 0) is 32.0 Å². The second kappa shape index (κ2) is 13.6. The Morgan fingerprint density at radius 1 is 0.727 bits per heavy atom. The van der Waals surface area contributed by atoms with Crippen LogP contribution in [0.25, 0.3) is 0 Å². The lowest BCUT2D eigenvalue weighted by Gasteiger charge is -2.29. The van der Waals surface area contributed by atoms with Crippen molar-refractivity contribution in [2.24, 2.45) is 0 Å². The number of carbonyl (C=O) groups excluding carboxylic acids is 3. The van der Waals surface area contributed by atoms with E-state index in [1.807, 2.05) is 74.4 Å². The molecule has 2 aliphatic heterocycles. The monoisotopic (exact) mass is 609 g/mol. The SMILES string of the molecule is Cc1c(C)c(OC(=O)C(OC(=O)CCCN(C)C)C(=O)Oc2c(C)c(C)c3c(c2C)CCC(C)O3)c(C)c2c1CCC(C)O2. The van der Waals surface area contributed by atoms with Crippen LogP contribution in [0.3, 0.4) is 0 Å². The Kier molecular flexibility index (Phi) is 10.3. The first-order valence-electron chi connectivity index (χ1n) is 15.6. The van der Waals surface area contributed by atoms with Crippen LogP contribution in [0, 0.1) is 41.5 Å². The zero-order valence-corrected chi connectivity index (χ0v) is 27.9. The summed E-state index contributed by atoms with van der Waals surface area (Å²) in [4.78, 5) is 42.3. The first-order chi connectivity index (χ1) is 20.7. The van der Waals surface area contributed by atoms with Crippen molar-refractivity contribution in [2.75, 3.05) is 20.6 Å².